The number of ether oxygens (including phenoxy) is 1. The fourth-order valence-corrected chi connectivity index (χ4v) is 3.15. The molecule has 0 heterocycles. The molecule has 0 N–H and O–H groups in total. The summed E-state index contributed by atoms with van der Waals surface area (Å²) in [5.41, 5.74) is 0. The van der Waals surface area contributed by atoms with Gasteiger partial charge in [0, 0.05) is 20.3 Å². The Morgan fingerprint density at radius 1 is 1.13 bits per heavy atom. The Hall–Kier alpha value is -0.643. The van der Waals surface area contributed by atoms with Crippen LogP contribution >= 0.6 is 0 Å². The first-order chi connectivity index (χ1) is 7.38. The summed E-state index contributed by atoms with van der Waals surface area (Å²) in [6.45, 7) is 3.79. The Kier molecular flexibility index (Phi) is 6.32. The molecule has 0 bridgehead atoms. The molecule has 3 heteroatoms. The van der Waals surface area contributed by atoms with E-state index < -0.39 is 9.04 Å². The summed E-state index contributed by atoms with van der Waals surface area (Å²) in [5, 5.41) is 1.36. The lowest BCUT2D eigenvalue weighted by molar-refractivity contribution is 0.172. The largest absolute Gasteiger partial charge is 0.412 e. The Labute approximate surface area is 93.9 Å². The van der Waals surface area contributed by atoms with Crippen LogP contribution in [0.2, 0.25) is 6.04 Å². The Morgan fingerprint density at radius 2 is 1.87 bits per heavy atom. The minimum Gasteiger partial charge on any atom is -0.412 e. The topological polar surface area (TPSA) is 18.5 Å². The second kappa shape index (κ2) is 7.62. The number of hydrogen-bond donors (Lipinski definition) is 0. The van der Waals surface area contributed by atoms with Crippen molar-refractivity contribution in [3.05, 3.63) is 30.3 Å². The second-order valence-electron chi connectivity index (χ2n) is 3.34. The molecule has 0 saturated carbocycles. The zero-order valence-electron chi connectivity index (χ0n) is 9.53. The third-order valence-electron chi connectivity index (χ3n) is 2.19. The van der Waals surface area contributed by atoms with Gasteiger partial charge < -0.3 is 9.16 Å². The number of benzene rings is 1. The second-order valence-corrected chi connectivity index (χ2v) is 5.76. The van der Waals surface area contributed by atoms with Crippen molar-refractivity contribution in [3.8, 4) is 0 Å². The van der Waals surface area contributed by atoms with Crippen molar-refractivity contribution < 1.29 is 9.16 Å². The summed E-state index contributed by atoms with van der Waals surface area (Å²) < 4.78 is 10.9. The first-order valence-electron chi connectivity index (χ1n) is 5.41. The van der Waals surface area contributed by atoms with Crippen LogP contribution in [-0.4, -0.2) is 29.4 Å². The Balaban J connectivity index is 2.36. The number of methoxy groups -OCH3 is 1. The van der Waals surface area contributed by atoms with E-state index in [1.54, 1.807) is 7.11 Å². The highest BCUT2D eigenvalue weighted by Gasteiger charge is 2.12. The Morgan fingerprint density at radius 3 is 2.47 bits per heavy atom. The number of hydrogen-bond acceptors (Lipinski definition) is 2. The summed E-state index contributed by atoms with van der Waals surface area (Å²) in [6.07, 6.45) is 0.984. The fraction of sp³-hybridized carbons (Fsp3) is 0.500. The van der Waals surface area contributed by atoms with Crippen LogP contribution in [-0.2, 0) is 9.16 Å². The van der Waals surface area contributed by atoms with Crippen molar-refractivity contribution in [1.82, 2.24) is 0 Å². The molecular formula is C12H19O2Si. The van der Waals surface area contributed by atoms with Gasteiger partial charge in [0.1, 0.15) is 0 Å². The van der Waals surface area contributed by atoms with E-state index >= 15 is 0 Å². The summed E-state index contributed by atoms with van der Waals surface area (Å²) in [5.74, 6) is 0. The fourth-order valence-electron chi connectivity index (χ4n) is 1.41. The molecule has 1 radical (unpaired) electrons. The van der Waals surface area contributed by atoms with Gasteiger partial charge in [0.15, 0.2) is 0 Å². The van der Waals surface area contributed by atoms with E-state index in [0.29, 0.717) is 0 Å². The van der Waals surface area contributed by atoms with Gasteiger partial charge in [-0.25, -0.2) is 0 Å². The predicted molar refractivity (Wildman–Crippen MR) is 64.8 cm³/mol. The van der Waals surface area contributed by atoms with Crippen molar-refractivity contribution in [1.29, 1.82) is 0 Å². The summed E-state index contributed by atoms with van der Waals surface area (Å²) in [4.78, 5) is 0. The van der Waals surface area contributed by atoms with Gasteiger partial charge in [0.2, 0.25) is 9.04 Å². The molecule has 2 nitrogen and oxygen atoms in total. The lowest BCUT2D eigenvalue weighted by Crippen LogP contribution is -2.33. The average molecular weight is 223 g/mol. The molecule has 0 aliphatic rings. The summed E-state index contributed by atoms with van der Waals surface area (Å²) >= 11 is 0. The van der Waals surface area contributed by atoms with E-state index in [2.05, 4.69) is 31.2 Å². The van der Waals surface area contributed by atoms with Crippen LogP contribution < -0.4 is 5.19 Å². The van der Waals surface area contributed by atoms with Crippen LogP contribution in [0.15, 0.2) is 30.3 Å². The van der Waals surface area contributed by atoms with E-state index in [9.17, 15) is 0 Å². The highest BCUT2D eigenvalue weighted by Crippen LogP contribution is 1.97. The lowest BCUT2D eigenvalue weighted by Gasteiger charge is -2.13. The molecule has 1 aromatic carbocycles. The molecule has 0 atom stereocenters. The SMILES string of the molecule is CC[Si](OCCCOC)c1ccccc1. The van der Waals surface area contributed by atoms with Crippen molar-refractivity contribution in [2.75, 3.05) is 20.3 Å². The van der Waals surface area contributed by atoms with Gasteiger partial charge in [-0.1, -0.05) is 37.3 Å². The first-order valence-corrected chi connectivity index (χ1v) is 7.03. The van der Waals surface area contributed by atoms with E-state index in [1.165, 1.54) is 5.19 Å². The van der Waals surface area contributed by atoms with Gasteiger partial charge in [-0.05, 0) is 17.7 Å². The minimum atomic E-state index is -0.798. The smallest absolute Gasteiger partial charge is 0.246 e. The molecular weight excluding hydrogens is 204 g/mol. The van der Waals surface area contributed by atoms with Gasteiger partial charge in [-0.3, -0.25) is 0 Å². The predicted octanol–water partition coefficient (Wildman–Crippen LogP) is 1.96. The molecule has 15 heavy (non-hydrogen) atoms. The van der Waals surface area contributed by atoms with Crippen molar-refractivity contribution in [2.45, 2.75) is 19.4 Å². The number of rotatable bonds is 7. The monoisotopic (exact) mass is 223 g/mol. The minimum absolute atomic E-state index is 0.785. The molecule has 0 aliphatic heterocycles. The van der Waals surface area contributed by atoms with E-state index in [-0.39, 0.29) is 0 Å². The highest BCUT2D eigenvalue weighted by atomic mass is 28.3. The van der Waals surface area contributed by atoms with Gasteiger partial charge in [0.25, 0.3) is 0 Å². The zero-order chi connectivity index (χ0) is 10.9. The molecule has 1 rings (SSSR count). The van der Waals surface area contributed by atoms with Crippen LogP contribution in [0.3, 0.4) is 0 Å². The maximum atomic E-state index is 5.90. The molecule has 0 fully saturated rings. The Bertz CT molecular complexity index is 251. The molecule has 1 aromatic rings. The molecule has 0 spiro atoms. The van der Waals surface area contributed by atoms with Gasteiger partial charge in [-0.15, -0.1) is 0 Å². The molecule has 0 aliphatic carbocycles. The van der Waals surface area contributed by atoms with E-state index in [4.69, 9.17) is 9.16 Å². The summed E-state index contributed by atoms with van der Waals surface area (Å²) in [7, 11) is 0.927. The highest BCUT2D eigenvalue weighted by molar-refractivity contribution is 6.67. The van der Waals surface area contributed by atoms with Gasteiger partial charge in [-0.2, -0.15) is 0 Å². The van der Waals surface area contributed by atoms with Crippen molar-refractivity contribution in [2.24, 2.45) is 0 Å². The third kappa shape index (κ3) is 4.60. The van der Waals surface area contributed by atoms with Crippen molar-refractivity contribution in [3.63, 3.8) is 0 Å². The normalized spacial score (nSPS) is 10.9. The maximum Gasteiger partial charge on any atom is 0.246 e. The maximum absolute atomic E-state index is 5.90. The first kappa shape index (κ1) is 12.4. The molecule has 0 saturated heterocycles. The molecule has 0 amide bonds. The molecule has 0 unspecified atom stereocenters. The van der Waals surface area contributed by atoms with Crippen LogP contribution in [0.4, 0.5) is 0 Å². The third-order valence-corrected chi connectivity index (χ3v) is 4.36. The van der Waals surface area contributed by atoms with Crippen LogP contribution in [0.25, 0.3) is 0 Å². The molecule has 83 valence electrons. The average Bonchev–Trinajstić information content (AvgIpc) is 2.30. The van der Waals surface area contributed by atoms with Crippen molar-refractivity contribution >= 4 is 14.2 Å². The lowest BCUT2D eigenvalue weighted by atomic mass is 10.4. The van der Waals surface area contributed by atoms with Gasteiger partial charge >= 0.3 is 0 Å². The molecule has 0 aromatic heterocycles. The van der Waals surface area contributed by atoms with Crippen LogP contribution in [0.1, 0.15) is 13.3 Å². The van der Waals surface area contributed by atoms with Gasteiger partial charge in [0.05, 0.1) is 0 Å². The summed E-state index contributed by atoms with van der Waals surface area (Å²) in [6, 6.07) is 11.6. The standard InChI is InChI=1S/C12H19O2Si/c1-3-15(14-11-7-10-13-2)12-8-5-4-6-9-12/h4-6,8-9H,3,7,10-11H2,1-2H3. The van der Waals surface area contributed by atoms with E-state index in [0.717, 1.165) is 25.7 Å². The van der Waals surface area contributed by atoms with E-state index in [1.807, 2.05) is 6.07 Å². The quantitative estimate of drug-likeness (QED) is 0.520. The zero-order valence-corrected chi connectivity index (χ0v) is 10.5. The van der Waals surface area contributed by atoms with Crippen LogP contribution in [0, 0.1) is 0 Å². The van der Waals surface area contributed by atoms with Crippen LogP contribution in [0.5, 0.6) is 0 Å².